The summed E-state index contributed by atoms with van der Waals surface area (Å²) in [6.07, 6.45) is 0.556. The molecule has 1 aliphatic heterocycles. The topological polar surface area (TPSA) is 23.6 Å². The molecular formula is C19H21FN2O. The van der Waals surface area contributed by atoms with Crippen LogP contribution in [0, 0.1) is 5.82 Å². The van der Waals surface area contributed by atoms with Crippen molar-refractivity contribution in [3.05, 3.63) is 66.0 Å². The number of hydrogen-bond donors (Lipinski definition) is 0. The summed E-state index contributed by atoms with van der Waals surface area (Å²) >= 11 is 0. The van der Waals surface area contributed by atoms with E-state index in [1.54, 1.807) is 0 Å². The molecule has 0 atom stereocenters. The number of Topliss-reactive ketones (excluding diaryl/α,β-unsaturated/α-hetero) is 1. The summed E-state index contributed by atoms with van der Waals surface area (Å²) in [6, 6.07) is 16.1. The molecule has 3 rings (SSSR count). The van der Waals surface area contributed by atoms with Gasteiger partial charge in [-0.05, 0) is 24.3 Å². The molecule has 4 heteroatoms. The SMILES string of the molecule is O=C(CCN1CCN(c2ccc(F)cc2)CC1)c1ccccc1. The average molecular weight is 312 g/mol. The molecule has 0 amide bonds. The number of ketones is 1. The number of rotatable bonds is 5. The summed E-state index contributed by atoms with van der Waals surface area (Å²) in [7, 11) is 0. The number of carbonyl (C=O) groups is 1. The Morgan fingerprint density at radius 3 is 2.22 bits per heavy atom. The Bertz CT molecular complexity index is 634. The van der Waals surface area contributed by atoms with E-state index >= 15 is 0 Å². The number of carbonyl (C=O) groups excluding carboxylic acids is 1. The van der Waals surface area contributed by atoms with Crippen molar-refractivity contribution in [3.8, 4) is 0 Å². The smallest absolute Gasteiger partial charge is 0.164 e. The highest BCUT2D eigenvalue weighted by Gasteiger charge is 2.18. The van der Waals surface area contributed by atoms with Crippen LogP contribution in [-0.4, -0.2) is 43.4 Å². The minimum absolute atomic E-state index is 0.201. The second-order valence-electron chi connectivity index (χ2n) is 5.84. The first kappa shape index (κ1) is 15.7. The molecule has 1 saturated heterocycles. The number of hydrogen-bond acceptors (Lipinski definition) is 3. The molecule has 0 saturated carbocycles. The summed E-state index contributed by atoms with van der Waals surface area (Å²) in [6.45, 7) is 4.47. The Labute approximate surface area is 136 Å². The molecule has 3 nitrogen and oxygen atoms in total. The van der Waals surface area contributed by atoms with Crippen molar-refractivity contribution in [1.82, 2.24) is 4.90 Å². The third-order valence-electron chi connectivity index (χ3n) is 4.31. The van der Waals surface area contributed by atoms with Gasteiger partial charge in [0.2, 0.25) is 0 Å². The number of benzene rings is 2. The molecule has 1 fully saturated rings. The van der Waals surface area contributed by atoms with Crippen LogP contribution in [-0.2, 0) is 0 Å². The second-order valence-corrected chi connectivity index (χ2v) is 5.84. The van der Waals surface area contributed by atoms with Crippen LogP contribution in [0.25, 0.3) is 0 Å². The number of anilines is 1. The number of halogens is 1. The Balaban J connectivity index is 1.46. The van der Waals surface area contributed by atoms with Gasteiger partial charge in [0.25, 0.3) is 0 Å². The summed E-state index contributed by atoms with van der Waals surface area (Å²) in [5.74, 6) is -0.00151. The van der Waals surface area contributed by atoms with Crippen molar-refractivity contribution in [3.63, 3.8) is 0 Å². The van der Waals surface area contributed by atoms with Crippen LogP contribution in [0.4, 0.5) is 10.1 Å². The van der Waals surface area contributed by atoms with Crippen LogP contribution in [0.3, 0.4) is 0 Å². The second kappa shape index (κ2) is 7.38. The molecule has 2 aromatic rings. The van der Waals surface area contributed by atoms with E-state index in [0.29, 0.717) is 6.42 Å². The quantitative estimate of drug-likeness (QED) is 0.792. The highest BCUT2D eigenvalue weighted by molar-refractivity contribution is 5.96. The molecule has 0 spiro atoms. The van der Waals surface area contributed by atoms with E-state index in [1.165, 1.54) is 12.1 Å². The first-order chi connectivity index (χ1) is 11.2. The highest BCUT2D eigenvalue weighted by atomic mass is 19.1. The minimum atomic E-state index is -0.202. The van der Waals surface area contributed by atoms with Crippen molar-refractivity contribution in [1.29, 1.82) is 0 Å². The van der Waals surface area contributed by atoms with Gasteiger partial charge in [-0.25, -0.2) is 4.39 Å². The lowest BCUT2D eigenvalue weighted by atomic mass is 10.1. The van der Waals surface area contributed by atoms with E-state index in [0.717, 1.165) is 44.0 Å². The molecule has 0 bridgehead atoms. The van der Waals surface area contributed by atoms with Gasteiger partial charge in [-0.2, -0.15) is 0 Å². The maximum atomic E-state index is 13.0. The van der Waals surface area contributed by atoms with Gasteiger partial charge in [0, 0.05) is 50.4 Å². The molecule has 23 heavy (non-hydrogen) atoms. The van der Waals surface area contributed by atoms with Crippen LogP contribution in [0.15, 0.2) is 54.6 Å². The van der Waals surface area contributed by atoms with E-state index in [4.69, 9.17) is 0 Å². The highest BCUT2D eigenvalue weighted by Crippen LogP contribution is 2.17. The maximum Gasteiger partial charge on any atom is 0.164 e. The number of piperazine rings is 1. The minimum Gasteiger partial charge on any atom is -0.369 e. The van der Waals surface area contributed by atoms with E-state index < -0.39 is 0 Å². The van der Waals surface area contributed by atoms with Crippen molar-refractivity contribution < 1.29 is 9.18 Å². The fraction of sp³-hybridized carbons (Fsp3) is 0.316. The van der Waals surface area contributed by atoms with Crippen LogP contribution in [0.1, 0.15) is 16.8 Å². The Morgan fingerprint density at radius 2 is 1.57 bits per heavy atom. The molecule has 0 aliphatic carbocycles. The van der Waals surface area contributed by atoms with Gasteiger partial charge in [-0.15, -0.1) is 0 Å². The fourth-order valence-corrected chi connectivity index (χ4v) is 2.91. The van der Waals surface area contributed by atoms with Crippen molar-refractivity contribution in [2.24, 2.45) is 0 Å². The third-order valence-corrected chi connectivity index (χ3v) is 4.31. The Morgan fingerprint density at radius 1 is 0.913 bits per heavy atom. The third kappa shape index (κ3) is 4.17. The van der Waals surface area contributed by atoms with Crippen LogP contribution in [0.2, 0.25) is 0 Å². The Kier molecular flexibility index (Phi) is 5.03. The molecule has 0 unspecified atom stereocenters. The zero-order chi connectivity index (χ0) is 16.1. The summed E-state index contributed by atoms with van der Waals surface area (Å²) in [5, 5.41) is 0. The normalized spacial score (nSPS) is 15.6. The largest absolute Gasteiger partial charge is 0.369 e. The predicted octanol–water partition coefficient (Wildman–Crippen LogP) is 3.22. The van der Waals surface area contributed by atoms with Gasteiger partial charge < -0.3 is 4.90 Å². The molecule has 120 valence electrons. The average Bonchev–Trinajstić information content (AvgIpc) is 2.61. The molecule has 2 aromatic carbocycles. The molecule has 0 aromatic heterocycles. The van der Waals surface area contributed by atoms with Crippen LogP contribution < -0.4 is 4.90 Å². The van der Waals surface area contributed by atoms with Crippen molar-refractivity contribution >= 4 is 11.5 Å². The van der Waals surface area contributed by atoms with Gasteiger partial charge in [0.05, 0.1) is 0 Å². The van der Waals surface area contributed by atoms with Gasteiger partial charge >= 0.3 is 0 Å². The summed E-state index contributed by atoms with van der Waals surface area (Å²) < 4.78 is 13.0. The lowest BCUT2D eigenvalue weighted by molar-refractivity contribution is 0.0962. The van der Waals surface area contributed by atoms with Crippen molar-refractivity contribution in [2.45, 2.75) is 6.42 Å². The monoisotopic (exact) mass is 312 g/mol. The summed E-state index contributed by atoms with van der Waals surface area (Å²) in [5.41, 5.74) is 1.85. The first-order valence-electron chi connectivity index (χ1n) is 8.03. The van der Waals surface area contributed by atoms with Gasteiger partial charge in [-0.1, -0.05) is 30.3 Å². The zero-order valence-corrected chi connectivity index (χ0v) is 13.1. The lowest BCUT2D eigenvalue weighted by Gasteiger charge is -2.36. The molecule has 1 aliphatic rings. The maximum absolute atomic E-state index is 13.0. The van der Waals surface area contributed by atoms with E-state index in [-0.39, 0.29) is 11.6 Å². The van der Waals surface area contributed by atoms with Crippen molar-refractivity contribution in [2.75, 3.05) is 37.6 Å². The molecular weight excluding hydrogens is 291 g/mol. The van der Waals surface area contributed by atoms with Gasteiger partial charge in [-0.3, -0.25) is 9.69 Å². The number of nitrogens with zero attached hydrogens (tertiary/aromatic N) is 2. The van der Waals surface area contributed by atoms with Gasteiger partial charge in [0.15, 0.2) is 5.78 Å². The fourth-order valence-electron chi connectivity index (χ4n) is 2.91. The van der Waals surface area contributed by atoms with E-state index in [1.807, 2.05) is 42.5 Å². The predicted molar refractivity (Wildman–Crippen MR) is 90.4 cm³/mol. The molecule has 0 N–H and O–H groups in total. The molecule has 0 radical (unpaired) electrons. The van der Waals surface area contributed by atoms with Crippen LogP contribution in [0.5, 0.6) is 0 Å². The molecule has 1 heterocycles. The summed E-state index contributed by atoms with van der Waals surface area (Å²) in [4.78, 5) is 16.7. The van der Waals surface area contributed by atoms with E-state index in [2.05, 4.69) is 9.80 Å². The van der Waals surface area contributed by atoms with Crippen LogP contribution >= 0.6 is 0 Å². The van der Waals surface area contributed by atoms with Gasteiger partial charge in [0.1, 0.15) is 5.82 Å². The van der Waals surface area contributed by atoms with E-state index in [9.17, 15) is 9.18 Å². The standard InChI is InChI=1S/C19H21FN2O/c20-17-6-8-18(9-7-17)22-14-12-21(13-15-22)11-10-19(23)16-4-2-1-3-5-16/h1-9H,10-15H2. The lowest BCUT2D eigenvalue weighted by Crippen LogP contribution is -2.46. The zero-order valence-electron chi connectivity index (χ0n) is 13.1. The first-order valence-corrected chi connectivity index (χ1v) is 8.03. The Hall–Kier alpha value is -2.20.